The first-order valence-corrected chi connectivity index (χ1v) is 6.02. The molecule has 2 heterocycles. The summed E-state index contributed by atoms with van der Waals surface area (Å²) in [6, 6.07) is 12.4. The second-order valence-corrected chi connectivity index (χ2v) is 4.62. The smallest absolute Gasteiger partial charge is 0.232 e. The van der Waals surface area contributed by atoms with Crippen LogP contribution >= 0.6 is 0 Å². The fourth-order valence-corrected chi connectivity index (χ4v) is 2.31. The van der Waals surface area contributed by atoms with Gasteiger partial charge >= 0.3 is 0 Å². The first kappa shape index (κ1) is 11.0. The molecule has 3 nitrogen and oxygen atoms in total. The maximum atomic E-state index is 11.6. The minimum atomic E-state index is 0.120. The molecular formula is C15H14N2O. The predicted octanol–water partition coefficient (Wildman–Crippen LogP) is 2.19. The Kier molecular flexibility index (Phi) is 2.59. The number of amides is 1. The zero-order valence-electron chi connectivity index (χ0n) is 10.3. The van der Waals surface area contributed by atoms with Crippen LogP contribution in [0.4, 0.5) is 5.82 Å². The molecule has 0 unspecified atom stereocenters. The van der Waals surface area contributed by atoms with Crippen molar-refractivity contribution in [2.45, 2.75) is 12.8 Å². The lowest BCUT2D eigenvalue weighted by Crippen LogP contribution is -2.21. The number of hydrogen-bond acceptors (Lipinski definition) is 2. The molecule has 1 aromatic carbocycles. The summed E-state index contributed by atoms with van der Waals surface area (Å²) in [5.74, 6) is 0.922. The van der Waals surface area contributed by atoms with E-state index in [1.807, 2.05) is 24.4 Å². The standard InChI is InChI=1S/C15H14N2O/c1-17-14(18)9-13-8-12(10-16-15(13)17)7-11-5-3-2-4-6-11/h2-6,8,10H,7,9H2,1H3. The average molecular weight is 238 g/mol. The summed E-state index contributed by atoms with van der Waals surface area (Å²) in [6.45, 7) is 0. The van der Waals surface area contributed by atoms with Gasteiger partial charge in [-0.1, -0.05) is 30.3 Å². The topological polar surface area (TPSA) is 33.2 Å². The van der Waals surface area contributed by atoms with E-state index in [9.17, 15) is 4.79 Å². The van der Waals surface area contributed by atoms with Gasteiger partial charge in [-0.05, 0) is 23.6 Å². The number of aromatic nitrogens is 1. The molecule has 0 aliphatic carbocycles. The molecule has 0 N–H and O–H groups in total. The molecule has 0 saturated carbocycles. The van der Waals surface area contributed by atoms with Gasteiger partial charge in [-0.25, -0.2) is 4.98 Å². The Labute approximate surface area is 106 Å². The van der Waals surface area contributed by atoms with Crippen LogP contribution in [0.2, 0.25) is 0 Å². The van der Waals surface area contributed by atoms with Crippen molar-refractivity contribution in [2.24, 2.45) is 0 Å². The summed E-state index contributed by atoms with van der Waals surface area (Å²) in [4.78, 5) is 17.6. The zero-order chi connectivity index (χ0) is 12.5. The lowest BCUT2D eigenvalue weighted by atomic mass is 10.0. The highest BCUT2D eigenvalue weighted by molar-refractivity contribution is 5.99. The predicted molar refractivity (Wildman–Crippen MR) is 70.6 cm³/mol. The fourth-order valence-electron chi connectivity index (χ4n) is 2.31. The molecule has 1 aliphatic rings. The summed E-state index contributed by atoms with van der Waals surface area (Å²) in [5.41, 5.74) is 3.45. The quantitative estimate of drug-likeness (QED) is 0.803. The summed E-state index contributed by atoms with van der Waals surface area (Å²) in [5, 5.41) is 0. The van der Waals surface area contributed by atoms with Crippen LogP contribution in [-0.2, 0) is 17.6 Å². The SMILES string of the molecule is CN1C(=O)Cc2cc(Cc3ccccc3)cnc21. The number of rotatable bonds is 2. The largest absolute Gasteiger partial charge is 0.299 e. The molecule has 0 fully saturated rings. The van der Waals surface area contributed by atoms with Crippen LogP contribution in [0.15, 0.2) is 42.6 Å². The van der Waals surface area contributed by atoms with E-state index in [1.54, 1.807) is 11.9 Å². The molecule has 2 aromatic rings. The maximum absolute atomic E-state index is 11.6. The number of benzene rings is 1. The molecule has 0 spiro atoms. The van der Waals surface area contributed by atoms with Crippen LogP contribution in [0.3, 0.4) is 0 Å². The Morgan fingerprint density at radius 1 is 1.22 bits per heavy atom. The van der Waals surface area contributed by atoms with Gasteiger partial charge in [0.25, 0.3) is 0 Å². The molecule has 3 heteroatoms. The molecule has 18 heavy (non-hydrogen) atoms. The summed E-state index contributed by atoms with van der Waals surface area (Å²) in [6.07, 6.45) is 3.20. The third-order valence-corrected chi connectivity index (χ3v) is 3.28. The van der Waals surface area contributed by atoms with Gasteiger partial charge in [-0.2, -0.15) is 0 Å². The summed E-state index contributed by atoms with van der Waals surface area (Å²) < 4.78 is 0. The van der Waals surface area contributed by atoms with Gasteiger partial charge < -0.3 is 0 Å². The number of carbonyl (C=O) groups excluding carboxylic acids is 1. The molecule has 3 rings (SSSR count). The van der Waals surface area contributed by atoms with E-state index in [1.165, 1.54) is 5.56 Å². The third kappa shape index (κ3) is 1.88. The molecule has 0 radical (unpaired) electrons. The summed E-state index contributed by atoms with van der Waals surface area (Å²) >= 11 is 0. The maximum Gasteiger partial charge on any atom is 0.232 e. The first-order chi connectivity index (χ1) is 8.74. The molecule has 0 saturated heterocycles. The number of carbonyl (C=O) groups is 1. The highest BCUT2D eigenvalue weighted by atomic mass is 16.2. The third-order valence-electron chi connectivity index (χ3n) is 3.28. The van der Waals surface area contributed by atoms with E-state index in [4.69, 9.17) is 0 Å². The van der Waals surface area contributed by atoms with Crippen molar-refractivity contribution in [2.75, 3.05) is 11.9 Å². The van der Waals surface area contributed by atoms with Crippen LogP contribution in [0, 0.1) is 0 Å². The van der Waals surface area contributed by atoms with Crippen LogP contribution in [-0.4, -0.2) is 17.9 Å². The number of hydrogen-bond donors (Lipinski definition) is 0. The number of nitrogens with zero attached hydrogens (tertiary/aromatic N) is 2. The van der Waals surface area contributed by atoms with Gasteiger partial charge in [0.05, 0.1) is 6.42 Å². The van der Waals surface area contributed by atoms with E-state index in [-0.39, 0.29) is 5.91 Å². The highest BCUT2D eigenvalue weighted by Crippen LogP contribution is 2.26. The highest BCUT2D eigenvalue weighted by Gasteiger charge is 2.25. The second kappa shape index (κ2) is 4.26. The van der Waals surface area contributed by atoms with Crippen molar-refractivity contribution in [1.82, 2.24) is 4.98 Å². The van der Waals surface area contributed by atoms with Gasteiger partial charge in [0.1, 0.15) is 5.82 Å². The number of anilines is 1. The van der Waals surface area contributed by atoms with E-state index in [2.05, 4.69) is 23.2 Å². The second-order valence-electron chi connectivity index (χ2n) is 4.62. The van der Waals surface area contributed by atoms with Crippen molar-refractivity contribution in [3.63, 3.8) is 0 Å². The number of pyridine rings is 1. The van der Waals surface area contributed by atoms with Gasteiger partial charge in [0, 0.05) is 18.8 Å². The van der Waals surface area contributed by atoms with Crippen LogP contribution < -0.4 is 4.90 Å². The molecular weight excluding hydrogens is 224 g/mol. The van der Waals surface area contributed by atoms with Crippen molar-refractivity contribution >= 4 is 11.7 Å². The number of likely N-dealkylation sites (N-methyl/N-ethyl adjacent to an activating group) is 1. The van der Waals surface area contributed by atoms with Crippen molar-refractivity contribution in [3.8, 4) is 0 Å². The normalized spacial score (nSPS) is 13.8. The Balaban J connectivity index is 1.88. The van der Waals surface area contributed by atoms with Gasteiger partial charge in [0.2, 0.25) is 5.91 Å². The summed E-state index contributed by atoms with van der Waals surface area (Å²) in [7, 11) is 1.78. The molecule has 1 amide bonds. The van der Waals surface area contributed by atoms with Gasteiger partial charge in [-0.15, -0.1) is 0 Å². The van der Waals surface area contributed by atoms with Crippen molar-refractivity contribution in [1.29, 1.82) is 0 Å². The molecule has 1 aliphatic heterocycles. The van der Waals surface area contributed by atoms with Crippen LogP contribution in [0.1, 0.15) is 16.7 Å². The van der Waals surface area contributed by atoms with Crippen LogP contribution in [0.5, 0.6) is 0 Å². The lowest BCUT2D eigenvalue weighted by molar-refractivity contribution is -0.117. The average Bonchev–Trinajstić information content (AvgIpc) is 2.66. The minimum Gasteiger partial charge on any atom is -0.299 e. The monoisotopic (exact) mass is 238 g/mol. The lowest BCUT2D eigenvalue weighted by Gasteiger charge is -2.09. The van der Waals surface area contributed by atoms with Crippen molar-refractivity contribution in [3.05, 3.63) is 59.3 Å². The molecule has 90 valence electrons. The Morgan fingerprint density at radius 3 is 2.78 bits per heavy atom. The van der Waals surface area contributed by atoms with E-state index >= 15 is 0 Å². The van der Waals surface area contributed by atoms with Crippen LogP contribution in [0.25, 0.3) is 0 Å². The Morgan fingerprint density at radius 2 is 2.00 bits per heavy atom. The molecule has 0 bridgehead atoms. The zero-order valence-corrected chi connectivity index (χ0v) is 10.3. The molecule has 0 atom stereocenters. The first-order valence-electron chi connectivity index (χ1n) is 6.02. The minimum absolute atomic E-state index is 0.120. The Hall–Kier alpha value is -2.16. The fraction of sp³-hybridized carbons (Fsp3) is 0.200. The molecule has 1 aromatic heterocycles. The van der Waals surface area contributed by atoms with E-state index in [0.29, 0.717) is 6.42 Å². The van der Waals surface area contributed by atoms with E-state index < -0.39 is 0 Å². The van der Waals surface area contributed by atoms with Gasteiger partial charge in [0.15, 0.2) is 0 Å². The van der Waals surface area contributed by atoms with E-state index in [0.717, 1.165) is 23.4 Å². The van der Waals surface area contributed by atoms with Gasteiger partial charge in [-0.3, -0.25) is 9.69 Å². The van der Waals surface area contributed by atoms with Crippen molar-refractivity contribution < 1.29 is 4.79 Å². The Bertz CT molecular complexity index is 593. The number of fused-ring (bicyclic) bond motifs is 1.